The van der Waals surface area contributed by atoms with Crippen LogP contribution in [0, 0.1) is 0 Å². The molecule has 7 heteroatoms. The van der Waals surface area contributed by atoms with E-state index in [0.29, 0.717) is 16.8 Å². The fourth-order valence-corrected chi connectivity index (χ4v) is 1.89. The van der Waals surface area contributed by atoms with Crippen LogP contribution in [-0.2, 0) is 0 Å². The predicted molar refractivity (Wildman–Crippen MR) is 82.4 cm³/mol. The Kier molecular flexibility index (Phi) is 5.23. The van der Waals surface area contributed by atoms with Crippen molar-refractivity contribution in [3.63, 3.8) is 0 Å². The molecule has 1 amide bonds. The average molecular weight is 337 g/mol. The minimum Gasteiger partial charge on any atom is -0.484 e. The van der Waals surface area contributed by atoms with Gasteiger partial charge >= 0.3 is 6.18 Å². The van der Waals surface area contributed by atoms with Crippen LogP contribution in [0.3, 0.4) is 0 Å². The number of Topliss-reactive ketones (excluding diaryl/α,β-unsaturated/α-hetero) is 1. The Morgan fingerprint density at radius 3 is 2.25 bits per heavy atom. The Bertz CT molecular complexity index is 739. The zero-order valence-corrected chi connectivity index (χ0v) is 12.7. The van der Waals surface area contributed by atoms with Crippen LogP contribution in [0.4, 0.5) is 18.9 Å². The summed E-state index contributed by atoms with van der Waals surface area (Å²) in [5.41, 5.74) is 1.10. The summed E-state index contributed by atoms with van der Waals surface area (Å²) in [6.07, 6.45) is -4.43. The van der Waals surface area contributed by atoms with Gasteiger partial charge in [0.15, 0.2) is 12.4 Å². The lowest BCUT2D eigenvalue weighted by atomic mass is 10.1. The molecule has 2 aromatic carbocycles. The van der Waals surface area contributed by atoms with E-state index in [-0.39, 0.29) is 11.5 Å². The first kappa shape index (κ1) is 17.5. The molecule has 126 valence electrons. The summed E-state index contributed by atoms with van der Waals surface area (Å²) in [6.45, 7) is 0.0123. The largest absolute Gasteiger partial charge is 0.484 e. The molecule has 0 unspecified atom stereocenters. The molecule has 0 radical (unpaired) electrons. The number of nitrogens with one attached hydrogen (secondary N) is 1. The van der Waals surface area contributed by atoms with Gasteiger partial charge in [0.2, 0.25) is 0 Å². The number of carbonyl (C=O) groups excluding carboxylic acids is 2. The highest BCUT2D eigenvalue weighted by Crippen LogP contribution is 2.21. The van der Waals surface area contributed by atoms with Crippen LogP contribution < -0.4 is 10.1 Å². The third kappa shape index (κ3) is 5.12. The molecule has 2 aromatic rings. The highest BCUT2D eigenvalue weighted by atomic mass is 19.4. The topological polar surface area (TPSA) is 55.4 Å². The Hall–Kier alpha value is -2.83. The predicted octanol–water partition coefficient (Wildman–Crippen LogP) is 4.08. The van der Waals surface area contributed by atoms with Crippen molar-refractivity contribution in [2.45, 2.75) is 13.1 Å². The molecular formula is C17H14F3NO3. The van der Waals surface area contributed by atoms with Crippen molar-refractivity contribution in [1.82, 2.24) is 0 Å². The summed E-state index contributed by atoms with van der Waals surface area (Å²) >= 11 is 0. The SMILES string of the molecule is CC(=O)c1ccc(C(=O)Nc2cccc(OCC(F)(F)F)c2)cc1. The van der Waals surface area contributed by atoms with Crippen LogP contribution in [0.25, 0.3) is 0 Å². The molecule has 24 heavy (non-hydrogen) atoms. The third-order valence-corrected chi connectivity index (χ3v) is 3.05. The van der Waals surface area contributed by atoms with Crippen molar-refractivity contribution in [1.29, 1.82) is 0 Å². The zero-order chi connectivity index (χ0) is 17.7. The highest BCUT2D eigenvalue weighted by Gasteiger charge is 2.28. The molecule has 0 aliphatic carbocycles. The van der Waals surface area contributed by atoms with Gasteiger partial charge in [-0.15, -0.1) is 0 Å². The number of hydrogen-bond acceptors (Lipinski definition) is 3. The van der Waals surface area contributed by atoms with Gasteiger partial charge in [-0.25, -0.2) is 0 Å². The molecule has 0 heterocycles. The van der Waals surface area contributed by atoms with Crippen molar-refractivity contribution in [2.24, 2.45) is 0 Å². The van der Waals surface area contributed by atoms with Gasteiger partial charge in [-0.2, -0.15) is 13.2 Å². The van der Waals surface area contributed by atoms with E-state index >= 15 is 0 Å². The monoisotopic (exact) mass is 337 g/mol. The summed E-state index contributed by atoms with van der Waals surface area (Å²) in [6, 6.07) is 11.7. The fraction of sp³-hybridized carbons (Fsp3) is 0.176. The van der Waals surface area contributed by atoms with E-state index in [2.05, 4.69) is 10.1 Å². The number of halogens is 3. The van der Waals surface area contributed by atoms with E-state index in [1.807, 2.05) is 0 Å². The summed E-state index contributed by atoms with van der Waals surface area (Å²) in [7, 11) is 0. The van der Waals surface area contributed by atoms with Gasteiger partial charge in [0.1, 0.15) is 5.75 Å². The van der Waals surface area contributed by atoms with Crippen molar-refractivity contribution < 1.29 is 27.5 Å². The first-order valence-corrected chi connectivity index (χ1v) is 6.96. The highest BCUT2D eigenvalue weighted by molar-refractivity contribution is 6.05. The van der Waals surface area contributed by atoms with Gasteiger partial charge < -0.3 is 10.1 Å². The van der Waals surface area contributed by atoms with Gasteiger partial charge in [-0.3, -0.25) is 9.59 Å². The standard InChI is InChI=1S/C17H14F3NO3/c1-11(22)12-5-7-13(8-6-12)16(23)21-14-3-2-4-15(9-14)24-10-17(18,19)20/h2-9H,10H2,1H3,(H,21,23). The molecule has 0 aliphatic rings. The lowest BCUT2D eigenvalue weighted by Gasteiger charge is -2.11. The van der Waals surface area contributed by atoms with Gasteiger partial charge in [0.05, 0.1) is 0 Å². The molecule has 4 nitrogen and oxygen atoms in total. The molecule has 0 saturated carbocycles. The summed E-state index contributed by atoms with van der Waals surface area (Å²) in [5, 5.41) is 2.56. The number of anilines is 1. The molecular weight excluding hydrogens is 323 g/mol. The van der Waals surface area contributed by atoms with Gasteiger partial charge in [-0.1, -0.05) is 18.2 Å². The van der Waals surface area contributed by atoms with Gasteiger partial charge in [0, 0.05) is 22.9 Å². The number of amides is 1. The molecule has 2 rings (SSSR count). The maximum Gasteiger partial charge on any atom is 0.422 e. The summed E-state index contributed by atoms with van der Waals surface area (Å²) in [5.74, 6) is -0.563. The molecule has 1 N–H and O–H groups in total. The number of hydrogen-bond donors (Lipinski definition) is 1. The van der Waals surface area contributed by atoms with Crippen LogP contribution in [0.5, 0.6) is 5.75 Å². The van der Waals surface area contributed by atoms with Crippen molar-refractivity contribution in [3.8, 4) is 5.75 Å². The number of ketones is 1. The van der Waals surface area contributed by atoms with Crippen LogP contribution in [0.1, 0.15) is 27.6 Å². The minimum atomic E-state index is -4.43. The molecule has 0 aliphatic heterocycles. The minimum absolute atomic E-state index is 0.00273. The number of rotatable bonds is 5. The Balaban J connectivity index is 2.04. The number of benzene rings is 2. The Labute approximate surface area is 136 Å². The van der Waals surface area contributed by atoms with E-state index < -0.39 is 18.7 Å². The van der Waals surface area contributed by atoms with Crippen LogP contribution in [0.2, 0.25) is 0 Å². The first-order chi connectivity index (χ1) is 11.2. The van der Waals surface area contributed by atoms with Gasteiger partial charge in [-0.05, 0) is 31.2 Å². The first-order valence-electron chi connectivity index (χ1n) is 6.96. The van der Waals surface area contributed by atoms with Crippen molar-refractivity contribution >= 4 is 17.4 Å². The van der Waals surface area contributed by atoms with Crippen LogP contribution in [0.15, 0.2) is 48.5 Å². The molecule has 0 bridgehead atoms. The quantitative estimate of drug-likeness (QED) is 0.837. The fourth-order valence-electron chi connectivity index (χ4n) is 1.89. The molecule has 0 saturated heterocycles. The lowest BCUT2D eigenvalue weighted by molar-refractivity contribution is -0.153. The smallest absolute Gasteiger partial charge is 0.422 e. The molecule has 0 atom stereocenters. The molecule has 0 aromatic heterocycles. The summed E-state index contributed by atoms with van der Waals surface area (Å²) < 4.78 is 41.1. The second kappa shape index (κ2) is 7.16. The number of carbonyl (C=O) groups is 2. The summed E-state index contributed by atoms with van der Waals surface area (Å²) in [4.78, 5) is 23.3. The lowest BCUT2D eigenvalue weighted by Crippen LogP contribution is -2.19. The second-order valence-electron chi connectivity index (χ2n) is 5.02. The molecule has 0 fully saturated rings. The van der Waals surface area contributed by atoms with Gasteiger partial charge in [0.25, 0.3) is 5.91 Å². The van der Waals surface area contributed by atoms with E-state index in [1.54, 1.807) is 0 Å². The average Bonchev–Trinajstić information content (AvgIpc) is 2.53. The van der Waals surface area contributed by atoms with E-state index in [0.717, 1.165) is 0 Å². The Morgan fingerprint density at radius 2 is 1.67 bits per heavy atom. The number of alkyl halides is 3. The number of ether oxygens (including phenoxy) is 1. The maximum absolute atomic E-state index is 12.1. The van der Waals surface area contributed by atoms with E-state index in [4.69, 9.17) is 0 Å². The maximum atomic E-state index is 12.1. The van der Waals surface area contributed by atoms with Crippen molar-refractivity contribution in [3.05, 3.63) is 59.7 Å². The van der Waals surface area contributed by atoms with Crippen LogP contribution >= 0.6 is 0 Å². The van der Waals surface area contributed by atoms with E-state index in [9.17, 15) is 22.8 Å². The molecule has 0 spiro atoms. The third-order valence-electron chi connectivity index (χ3n) is 3.05. The Morgan fingerprint density at radius 1 is 1.04 bits per heavy atom. The second-order valence-corrected chi connectivity index (χ2v) is 5.02. The van der Waals surface area contributed by atoms with Crippen molar-refractivity contribution in [2.75, 3.05) is 11.9 Å². The van der Waals surface area contributed by atoms with E-state index in [1.165, 1.54) is 55.5 Å². The normalized spacial score (nSPS) is 11.0. The zero-order valence-electron chi connectivity index (χ0n) is 12.7. The van der Waals surface area contributed by atoms with Crippen LogP contribution in [-0.4, -0.2) is 24.5 Å².